The summed E-state index contributed by atoms with van der Waals surface area (Å²) in [6.45, 7) is 0. The van der Waals surface area contributed by atoms with Gasteiger partial charge in [0.2, 0.25) is 0 Å². The van der Waals surface area contributed by atoms with Crippen molar-refractivity contribution in [1.29, 1.82) is 0 Å². The molecule has 0 aliphatic rings. The van der Waals surface area contributed by atoms with Crippen LogP contribution in [0.3, 0.4) is 0 Å². The number of rotatable bonds is 2. The van der Waals surface area contributed by atoms with E-state index in [2.05, 4.69) is 17.6 Å². The van der Waals surface area contributed by atoms with Crippen molar-refractivity contribution in [3.8, 4) is 0 Å². The van der Waals surface area contributed by atoms with Gasteiger partial charge in [-0.25, -0.2) is 4.39 Å². The lowest BCUT2D eigenvalue weighted by molar-refractivity contribution is 0.627. The van der Waals surface area contributed by atoms with Crippen LogP contribution in [0, 0.1) is 5.82 Å². The number of halogens is 1. The number of hydrogen-bond donors (Lipinski definition) is 1. The van der Waals surface area contributed by atoms with E-state index in [-0.39, 0.29) is 11.1 Å². The van der Waals surface area contributed by atoms with Crippen LogP contribution in [0.5, 0.6) is 0 Å². The highest BCUT2D eigenvalue weighted by molar-refractivity contribution is 7.80. The molecular weight excluding hydrogens is 209 g/mol. The maximum absolute atomic E-state index is 12.7. The summed E-state index contributed by atoms with van der Waals surface area (Å²) in [6, 6.07) is 12.0. The summed E-state index contributed by atoms with van der Waals surface area (Å²) in [5.74, 6) is -0.236. The molecular formula is C12H10FNS. The first kappa shape index (κ1) is 10.2. The predicted octanol–water partition coefficient (Wildman–Crippen LogP) is 3.24. The van der Waals surface area contributed by atoms with Crippen LogP contribution in [0.2, 0.25) is 0 Å². The van der Waals surface area contributed by atoms with Gasteiger partial charge in [-0.05, 0) is 29.8 Å². The van der Waals surface area contributed by atoms with E-state index in [1.54, 1.807) is 18.3 Å². The van der Waals surface area contributed by atoms with E-state index in [0.29, 0.717) is 0 Å². The fourth-order valence-corrected chi connectivity index (χ4v) is 1.68. The average Bonchev–Trinajstić information content (AvgIpc) is 2.30. The van der Waals surface area contributed by atoms with Crippen molar-refractivity contribution >= 4 is 12.6 Å². The molecule has 0 amide bonds. The van der Waals surface area contributed by atoms with Gasteiger partial charge in [0.25, 0.3) is 0 Å². The Morgan fingerprint density at radius 3 is 2.40 bits per heavy atom. The Labute approximate surface area is 93.4 Å². The largest absolute Gasteiger partial charge is 0.260 e. The molecule has 0 saturated heterocycles. The summed E-state index contributed by atoms with van der Waals surface area (Å²) >= 11 is 4.46. The Bertz CT molecular complexity index is 427. The Kier molecular flexibility index (Phi) is 3.02. The quantitative estimate of drug-likeness (QED) is 0.765. The topological polar surface area (TPSA) is 12.9 Å². The Hall–Kier alpha value is -1.35. The van der Waals surface area contributed by atoms with Gasteiger partial charge in [0.15, 0.2) is 0 Å². The molecule has 0 aliphatic heterocycles. The third-order valence-corrected chi connectivity index (χ3v) is 2.72. The van der Waals surface area contributed by atoms with Gasteiger partial charge in [-0.3, -0.25) is 4.98 Å². The maximum atomic E-state index is 12.7. The van der Waals surface area contributed by atoms with Crippen LogP contribution in [0.25, 0.3) is 0 Å². The molecule has 1 aromatic carbocycles. The molecule has 1 aromatic heterocycles. The second kappa shape index (κ2) is 4.45. The van der Waals surface area contributed by atoms with Crippen molar-refractivity contribution in [2.24, 2.45) is 0 Å². The predicted molar refractivity (Wildman–Crippen MR) is 61.5 cm³/mol. The Morgan fingerprint density at radius 1 is 1.07 bits per heavy atom. The van der Waals surface area contributed by atoms with Gasteiger partial charge in [-0.15, -0.1) is 0 Å². The maximum Gasteiger partial charge on any atom is 0.123 e. The van der Waals surface area contributed by atoms with Crippen LogP contribution in [-0.2, 0) is 0 Å². The van der Waals surface area contributed by atoms with Crippen LogP contribution in [-0.4, -0.2) is 4.98 Å². The SMILES string of the molecule is Fc1ccc(C(S)c2ccccn2)cc1. The molecule has 1 nitrogen and oxygen atoms in total. The zero-order valence-corrected chi connectivity index (χ0v) is 8.86. The molecule has 15 heavy (non-hydrogen) atoms. The zero-order chi connectivity index (χ0) is 10.7. The van der Waals surface area contributed by atoms with Crippen molar-refractivity contribution in [2.45, 2.75) is 5.25 Å². The molecule has 0 saturated carbocycles. The average molecular weight is 219 g/mol. The summed E-state index contributed by atoms with van der Waals surface area (Å²) in [5.41, 5.74) is 1.81. The number of aromatic nitrogens is 1. The molecule has 0 bridgehead atoms. The minimum absolute atomic E-state index is 0.105. The first-order valence-electron chi connectivity index (χ1n) is 4.62. The number of nitrogens with zero attached hydrogens (tertiary/aromatic N) is 1. The van der Waals surface area contributed by atoms with E-state index >= 15 is 0 Å². The van der Waals surface area contributed by atoms with E-state index in [1.165, 1.54) is 12.1 Å². The van der Waals surface area contributed by atoms with Crippen molar-refractivity contribution in [3.63, 3.8) is 0 Å². The van der Waals surface area contributed by atoms with Gasteiger partial charge in [0.1, 0.15) is 5.82 Å². The summed E-state index contributed by atoms with van der Waals surface area (Å²) in [4.78, 5) is 4.21. The third-order valence-electron chi connectivity index (χ3n) is 2.15. The fraction of sp³-hybridized carbons (Fsp3) is 0.0833. The van der Waals surface area contributed by atoms with Crippen LogP contribution in [0.4, 0.5) is 4.39 Å². The molecule has 0 N–H and O–H groups in total. The van der Waals surface area contributed by atoms with Crippen LogP contribution in [0.1, 0.15) is 16.5 Å². The summed E-state index contributed by atoms with van der Waals surface area (Å²) in [5, 5.41) is -0.105. The molecule has 0 fully saturated rings. The smallest absolute Gasteiger partial charge is 0.123 e. The number of hydrogen-bond acceptors (Lipinski definition) is 2. The molecule has 0 aliphatic carbocycles. The first-order valence-corrected chi connectivity index (χ1v) is 5.13. The van der Waals surface area contributed by atoms with Gasteiger partial charge < -0.3 is 0 Å². The van der Waals surface area contributed by atoms with Crippen molar-refractivity contribution < 1.29 is 4.39 Å². The number of benzene rings is 1. The summed E-state index contributed by atoms with van der Waals surface area (Å²) in [6.07, 6.45) is 1.72. The van der Waals surface area contributed by atoms with Gasteiger partial charge in [0, 0.05) is 6.20 Å². The molecule has 2 aromatic rings. The van der Waals surface area contributed by atoms with Gasteiger partial charge in [-0.1, -0.05) is 18.2 Å². The minimum atomic E-state index is -0.236. The van der Waals surface area contributed by atoms with Crippen molar-refractivity contribution in [3.05, 3.63) is 65.7 Å². The van der Waals surface area contributed by atoms with E-state index in [0.717, 1.165) is 11.3 Å². The van der Waals surface area contributed by atoms with E-state index in [1.807, 2.05) is 18.2 Å². The van der Waals surface area contributed by atoms with Gasteiger partial charge in [-0.2, -0.15) is 12.6 Å². The highest BCUT2D eigenvalue weighted by Crippen LogP contribution is 2.26. The monoisotopic (exact) mass is 219 g/mol. The first-order chi connectivity index (χ1) is 7.27. The van der Waals surface area contributed by atoms with Crippen LogP contribution < -0.4 is 0 Å². The normalized spacial score (nSPS) is 12.4. The Morgan fingerprint density at radius 2 is 1.80 bits per heavy atom. The second-order valence-electron chi connectivity index (χ2n) is 3.21. The van der Waals surface area contributed by atoms with Crippen molar-refractivity contribution in [2.75, 3.05) is 0 Å². The number of pyridine rings is 1. The second-order valence-corrected chi connectivity index (χ2v) is 3.73. The standard InChI is InChI=1S/C12H10FNS/c13-10-6-4-9(5-7-10)12(15)11-3-1-2-8-14-11/h1-8,12,15H. The molecule has 3 heteroatoms. The molecule has 1 heterocycles. The fourth-order valence-electron chi connectivity index (χ4n) is 1.35. The van der Waals surface area contributed by atoms with Gasteiger partial charge in [0.05, 0.1) is 10.9 Å². The summed E-state index contributed by atoms with van der Waals surface area (Å²) < 4.78 is 12.7. The minimum Gasteiger partial charge on any atom is -0.260 e. The molecule has 1 atom stereocenters. The van der Waals surface area contributed by atoms with Crippen LogP contribution in [0.15, 0.2) is 48.7 Å². The molecule has 1 unspecified atom stereocenters. The zero-order valence-electron chi connectivity index (χ0n) is 7.97. The van der Waals surface area contributed by atoms with E-state index in [9.17, 15) is 4.39 Å². The highest BCUT2D eigenvalue weighted by atomic mass is 32.1. The lowest BCUT2D eigenvalue weighted by Crippen LogP contribution is -1.95. The number of thiol groups is 1. The third kappa shape index (κ3) is 2.36. The van der Waals surface area contributed by atoms with Crippen molar-refractivity contribution in [1.82, 2.24) is 4.98 Å². The highest BCUT2D eigenvalue weighted by Gasteiger charge is 2.09. The van der Waals surface area contributed by atoms with Crippen LogP contribution >= 0.6 is 12.6 Å². The molecule has 76 valence electrons. The Balaban J connectivity index is 2.29. The summed E-state index contributed by atoms with van der Waals surface area (Å²) in [7, 11) is 0. The molecule has 2 rings (SSSR count). The lowest BCUT2D eigenvalue weighted by Gasteiger charge is -2.09. The van der Waals surface area contributed by atoms with E-state index < -0.39 is 0 Å². The molecule has 0 spiro atoms. The molecule has 0 radical (unpaired) electrons. The lowest BCUT2D eigenvalue weighted by atomic mass is 10.1. The van der Waals surface area contributed by atoms with E-state index in [4.69, 9.17) is 0 Å². The van der Waals surface area contributed by atoms with Gasteiger partial charge >= 0.3 is 0 Å².